The predicted octanol–water partition coefficient (Wildman–Crippen LogP) is 5.14. The lowest BCUT2D eigenvalue weighted by Crippen LogP contribution is -2.70. The molecule has 1 aliphatic heterocycles. The standard InChI is InChI=1S/C35H36F2O8/c1-18-4-7-21(8-5-18)43-27-9-6-19(12-26(27)40)31-44-30-15-22-23-14-25(36)24-13-20(39)10-11-32(24,2)34(23,37)28(41)16-33(22,3)35(30,45-31)29(42)17-38/h4-13,22-23,25,28,30-31,38,40-41H,14-17H2,1-3H3/t22-,23-,25-,28-,30+,31+,32-,33-,34-,35+/m0/s1. The van der Waals surface area contributed by atoms with Gasteiger partial charge in [0.2, 0.25) is 0 Å². The van der Waals surface area contributed by atoms with Crippen molar-refractivity contribution < 1.29 is 47.9 Å². The number of ketones is 2. The average molecular weight is 623 g/mol. The number of aromatic hydroxyl groups is 1. The number of phenols is 1. The van der Waals surface area contributed by atoms with Crippen molar-refractivity contribution in [3.8, 4) is 17.2 Å². The summed E-state index contributed by atoms with van der Waals surface area (Å²) in [5, 5.41) is 32.6. The number of aryl methyl sites for hydroxylation is 1. The van der Waals surface area contributed by atoms with E-state index in [4.69, 9.17) is 14.2 Å². The van der Waals surface area contributed by atoms with Crippen LogP contribution in [-0.2, 0) is 19.1 Å². The molecule has 3 saturated carbocycles. The maximum absolute atomic E-state index is 17.5. The number of fused-ring (bicyclic) bond motifs is 7. The van der Waals surface area contributed by atoms with Gasteiger partial charge in [0.1, 0.15) is 18.5 Å². The second-order valence-corrected chi connectivity index (χ2v) is 13.6. The average Bonchev–Trinajstić information content (AvgIpc) is 3.51. The quantitative estimate of drug-likeness (QED) is 0.420. The van der Waals surface area contributed by atoms with Crippen molar-refractivity contribution in [1.82, 2.24) is 0 Å². The van der Waals surface area contributed by atoms with Crippen molar-refractivity contribution in [2.75, 3.05) is 6.61 Å². The molecule has 3 N–H and O–H groups in total. The largest absolute Gasteiger partial charge is 0.504 e. The molecule has 7 rings (SSSR count). The van der Waals surface area contributed by atoms with E-state index in [1.54, 1.807) is 31.2 Å². The van der Waals surface area contributed by atoms with Crippen molar-refractivity contribution in [2.45, 2.75) is 76.0 Å². The van der Waals surface area contributed by atoms with Crippen molar-refractivity contribution in [3.05, 3.63) is 77.4 Å². The van der Waals surface area contributed by atoms with E-state index in [0.29, 0.717) is 11.3 Å². The molecule has 0 amide bonds. The van der Waals surface area contributed by atoms with Gasteiger partial charge in [0, 0.05) is 22.3 Å². The fraction of sp³-hybridized carbons (Fsp3) is 0.486. The van der Waals surface area contributed by atoms with Crippen LogP contribution in [0.2, 0.25) is 0 Å². The zero-order valence-corrected chi connectivity index (χ0v) is 25.2. The molecule has 5 aliphatic rings. The van der Waals surface area contributed by atoms with E-state index >= 15 is 8.78 Å². The van der Waals surface area contributed by atoms with Crippen LogP contribution in [0.25, 0.3) is 0 Å². The molecule has 0 aromatic heterocycles. The summed E-state index contributed by atoms with van der Waals surface area (Å²) >= 11 is 0. The van der Waals surface area contributed by atoms with Crippen molar-refractivity contribution in [2.24, 2.45) is 22.7 Å². The number of carbonyl (C=O) groups excluding carboxylic acids is 2. The number of phenolic OH excluding ortho intramolecular Hbond substituents is 1. The van der Waals surface area contributed by atoms with Gasteiger partial charge in [-0.2, -0.15) is 0 Å². The zero-order chi connectivity index (χ0) is 32.1. The van der Waals surface area contributed by atoms with E-state index < -0.39 is 76.8 Å². The van der Waals surface area contributed by atoms with Gasteiger partial charge >= 0.3 is 0 Å². The van der Waals surface area contributed by atoms with Crippen molar-refractivity contribution in [3.63, 3.8) is 0 Å². The number of allylic oxidation sites excluding steroid dienone is 4. The molecule has 0 spiro atoms. The molecule has 10 heteroatoms. The molecule has 1 saturated heterocycles. The smallest absolute Gasteiger partial charge is 0.193 e. The fourth-order valence-electron chi connectivity index (χ4n) is 9.22. The zero-order valence-electron chi connectivity index (χ0n) is 25.2. The Balaban J connectivity index is 1.22. The Morgan fingerprint density at radius 3 is 2.53 bits per heavy atom. The Hall–Kier alpha value is -3.44. The fourth-order valence-corrected chi connectivity index (χ4v) is 9.22. The van der Waals surface area contributed by atoms with Gasteiger partial charge in [-0.1, -0.05) is 30.7 Å². The minimum Gasteiger partial charge on any atom is -0.504 e. The number of ether oxygens (including phenoxy) is 3. The molecule has 0 radical (unpaired) electrons. The molecule has 2 aromatic rings. The minimum atomic E-state index is -2.33. The second-order valence-electron chi connectivity index (χ2n) is 13.6. The number of aliphatic hydroxyl groups is 2. The van der Waals surface area contributed by atoms with Gasteiger partial charge in [0.15, 0.2) is 40.6 Å². The minimum absolute atomic E-state index is 0.0120. The van der Waals surface area contributed by atoms with Crippen LogP contribution in [0.3, 0.4) is 0 Å². The molecule has 8 nitrogen and oxygen atoms in total. The van der Waals surface area contributed by atoms with E-state index in [9.17, 15) is 24.9 Å². The monoisotopic (exact) mass is 622 g/mol. The molecule has 238 valence electrons. The van der Waals surface area contributed by atoms with Gasteiger partial charge in [-0.15, -0.1) is 0 Å². The van der Waals surface area contributed by atoms with Crippen LogP contribution in [0, 0.1) is 29.6 Å². The first-order chi connectivity index (χ1) is 21.3. The Kier molecular flexibility index (Phi) is 6.74. The highest BCUT2D eigenvalue weighted by Gasteiger charge is 2.80. The van der Waals surface area contributed by atoms with Gasteiger partial charge in [0.25, 0.3) is 0 Å². The third-order valence-electron chi connectivity index (χ3n) is 11.4. The second kappa shape index (κ2) is 10.0. The lowest BCUT2D eigenvalue weighted by molar-refractivity contribution is -0.235. The van der Waals surface area contributed by atoms with Gasteiger partial charge < -0.3 is 29.5 Å². The molecule has 2 aromatic carbocycles. The lowest BCUT2D eigenvalue weighted by Gasteiger charge is -2.63. The summed E-state index contributed by atoms with van der Waals surface area (Å²) in [6.07, 6.45) is -2.03. The van der Waals surface area contributed by atoms with Crippen LogP contribution in [0.5, 0.6) is 17.2 Å². The van der Waals surface area contributed by atoms with Crippen molar-refractivity contribution in [1.29, 1.82) is 0 Å². The number of Topliss-reactive ketones (excluding diaryl/α,β-unsaturated/α-hetero) is 1. The third-order valence-corrected chi connectivity index (χ3v) is 11.4. The number of rotatable bonds is 5. The molecule has 4 aliphatic carbocycles. The summed E-state index contributed by atoms with van der Waals surface area (Å²) in [7, 11) is 0. The topological polar surface area (TPSA) is 123 Å². The number of aliphatic hydroxyl groups excluding tert-OH is 2. The van der Waals surface area contributed by atoms with Crippen LogP contribution >= 0.6 is 0 Å². The number of alkyl halides is 2. The van der Waals surface area contributed by atoms with Gasteiger partial charge in [-0.25, -0.2) is 8.78 Å². The first kappa shape index (κ1) is 30.2. The van der Waals surface area contributed by atoms with Gasteiger partial charge in [0.05, 0.1) is 12.2 Å². The molecule has 1 heterocycles. The summed E-state index contributed by atoms with van der Waals surface area (Å²) in [4.78, 5) is 25.8. The van der Waals surface area contributed by atoms with Crippen LogP contribution in [0.1, 0.15) is 50.5 Å². The van der Waals surface area contributed by atoms with E-state index in [-0.39, 0.29) is 36.3 Å². The molecule has 10 atom stereocenters. The molecular formula is C35H36F2O8. The molecule has 0 unspecified atom stereocenters. The van der Waals surface area contributed by atoms with E-state index in [2.05, 4.69) is 0 Å². The van der Waals surface area contributed by atoms with Crippen molar-refractivity contribution >= 4 is 11.6 Å². The van der Waals surface area contributed by atoms with E-state index in [0.717, 1.165) is 11.6 Å². The molecule has 0 bridgehead atoms. The first-order valence-corrected chi connectivity index (χ1v) is 15.3. The van der Waals surface area contributed by atoms with E-state index in [1.807, 2.05) is 19.1 Å². The first-order valence-electron chi connectivity index (χ1n) is 15.3. The van der Waals surface area contributed by atoms with Gasteiger partial charge in [-0.3, -0.25) is 9.59 Å². The van der Waals surface area contributed by atoms with Gasteiger partial charge in [-0.05, 0) is 87.1 Å². The Morgan fingerprint density at radius 2 is 1.84 bits per heavy atom. The maximum atomic E-state index is 17.5. The Morgan fingerprint density at radius 1 is 1.11 bits per heavy atom. The van der Waals surface area contributed by atoms with Crippen LogP contribution < -0.4 is 4.74 Å². The normalized spacial score (nSPS) is 41.5. The Labute approximate surface area is 259 Å². The summed E-state index contributed by atoms with van der Waals surface area (Å²) in [6, 6.07) is 11.9. The number of carbonyl (C=O) groups is 2. The number of benzene rings is 2. The number of hydrogen-bond acceptors (Lipinski definition) is 8. The summed E-state index contributed by atoms with van der Waals surface area (Å²) in [5.74, 6) is -2.27. The highest BCUT2D eigenvalue weighted by molar-refractivity contribution is 6.01. The molecular weight excluding hydrogens is 586 g/mol. The summed E-state index contributed by atoms with van der Waals surface area (Å²) in [6.45, 7) is 4.30. The number of halogens is 2. The Bertz CT molecular complexity index is 1640. The SMILES string of the molecule is Cc1ccc(Oc2ccc([C@@H]3O[C@@H]4C[C@H]5[C@@H]6C[C@H](F)C7=CC(=O)C=C[C@]7(C)[C@@]6(F)[C@@H](O)C[C@]5(C)[C@]4(C(=O)CO)O3)cc2O)cc1. The summed E-state index contributed by atoms with van der Waals surface area (Å²) < 4.78 is 52.0. The summed E-state index contributed by atoms with van der Waals surface area (Å²) in [5.41, 5.74) is -5.46. The maximum Gasteiger partial charge on any atom is 0.193 e. The van der Waals surface area contributed by atoms with Crippen LogP contribution in [0.4, 0.5) is 8.78 Å². The third kappa shape index (κ3) is 3.95. The highest BCUT2D eigenvalue weighted by atomic mass is 19.1. The lowest BCUT2D eigenvalue weighted by atomic mass is 9.44. The van der Waals surface area contributed by atoms with Crippen LogP contribution in [0.15, 0.2) is 66.3 Å². The molecule has 4 fully saturated rings. The highest BCUT2D eigenvalue weighted by Crippen LogP contribution is 2.72. The van der Waals surface area contributed by atoms with Crippen LogP contribution in [-0.4, -0.2) is 63.1 Å². The predicted molar refractivity (Wildman–Crippen MR) is 157 cm³/mol. The van der Waals surface area contributed by atoms with E-state index in [1.165, 1.54) is 25.1 Å². The number of hydrogen-bond donors (Lipinski definition) is 3. The molecule has 45 heavy (non-hydrogen) atoms.